The highest BCUT2D eigenvalue weighted by molar-refractivity contribution is 5.30. The zero-order valence-electron chi connectivity index (χ0n) is 8.45. The fraction of sp³-hybridized carbons (Fsp3) is 0.667. The van der Waals surface area contributed by atoms with Crippen molar-refractivity contribution in [1.29, 1.82) is 0 Å². The van der Waals surface area contributed by atoms with Crippen molar-refractivity contribution in [2.24, 2.45) is 5.41 Å². The minimum Gasteiger partial charge on any atom is -0.396 e. The number of rotatable bonds is 4. The third-order valence-corrected chi connectivity index (χ3v) is 1.78. The predicted octanol–water partition coefficient (Wildman–Crippen LogP) is 1.14. The topological polar surface area (TPSA) is 53.1 Å². The van der Waals surface area contributed by atoms with Crippen molar-refractivity contribution < 1.29 is 4.74 Å². The van der Waals surface area contributed by atoms with Gasteiger partial charge in [-0.25, -0.2) is 0 Å². The van der Waals surface area contributed by atoms with Crippen molar-refractivity contribution in [2.75, 3.05) is 19.5 Å². The second-order valence-corrected chi connectivity index (χ2v) is 4.07. The lowest BCUT2D eigenvalue weighted by molar-refractivity contribution is 0.0891. The third kappa shape index (κ3) is 3.06. The van der Waals surface area contributed by atoms with Gasteiger partial charge in [-0.1, -0.05) is 13.8 Å². The van der Waals surface area contributed by atoms with Gasteiger partial charge in [0.1, 0.15) is 0 Å². The van der Waals surface area contributed by atoms with Crippen LogP contribution in [0.25, 0.3) is 0 Å². The molecular weight excluding hydrogens is 166 g/mol. The smallest absolute Gasteiger partial charge is 0.0719 e. The van der Waals surface area contributed by atoms with E-state index in [1.54, 1.807) is 13.3 Å². The van der Waals surface area contributed by atoms with Gasteiger partial charge >= 0.3 is 0 Å². The van der Waals surface area contributed by atoms with E-state index in [9.17, 15) is 0 Å². The first-order valence-electron chi connectivity index (χ1n) is 4.30. The highest BCUT2D eigenvalue weighted by Gasteiger charge is 2.18. The maximum atomic E-state index is 5.56. The maximum Gasteiger partial charge on any atom is 0.0719 e. The molecule has 0 fully saturated rings. The Kier molecular flexibility index (Phi) is 2.93. The number of hydrogen-bond acceptors (Lipinski definition) is 3. The molecule has 4 nitrogen and oxygen atoms in total. The number of ether oxygens (including phenoxy) is 1. The quantitative estimate of drug-likeness (QED) is 0.761. The first-order chi connectivity index (χ1) is 6.03. The van der Waals surface area contributed by atoms with Crippen LogP contribution >= 0.6 is 0 Å². The van der Waals surface area contributed by atoms with Crippen LogP contribution in [-0.4, -0.2) is 23.5 Å². The SMILES string of the molecule is COCC(C)(C)Cn1cc(N)cn1. The van der Waals surface area contributed by atoms with E-state index in [4.69, 9.17) is 10.5 Å². The summed E-state index contributed by atoms with van der Waals surface area (Å²) in [5.74, 6) is 0. The average molecular weight is 183 g/mol. The van der Waals surface area contributed by atoms with E-state index >= 15 is 0 Å². The zero-order valence-corrected chi connectivity index (χ0v) is 8.45. The molecule has 0 aromatic carbocycles. The Bertz CT molecular complexity index is 268. The van der Waals surface area contributed by atoms with Crippen LogP contribution < -0.4 is 5.73 Å². The number of anilines is 1. The van der Waals surface area contributed by atoms with Crippen molar-refractivity contribution in [3.63, 3.8) is 0 Å². The number of aromatic nitrogens is 2. The monoisotopic (exact) mass is 183 g/mol. The van der Waals surface area contributed by atoms with Gasteiger partial charge in [0.05, 0.1) is 18.5 Å². The lowest BCUT2D eigenvalue weighted by atomic mass is 9.95. The van der Waals surface area contributed by atoms with Crippen molar-refractivity contribution in [2.45, 2.75) is 20.4 Å². The van der Waals surface area contributed by atoms with Crippen molar-refractivity contribution >= 4 is 5.69 Å². The minimum atomic E-state index is 0.0905. The van der Waals surface area contributed by atoms with Gasteiger partial charge in [-0.2, -0.15) is 5.10 Å². The molecule has 1 aromatic heterocycles. The molecule has 0 bridgehead atoms. The summed E-state index contributed by atoms with van der Waals surface area (Å²) in [6, 6.07) is 0. The lowest BCUT2D eigenvalue weighted by Gasteiger charge is -2.23. The van der Waals surface area contributed by atoms with E-state index in [-0.39, 0.29) is 5.41 Å². The highest BCUT2D eigenvalue weighted by Crippen LogP contribution is 2.18. The summed E-state index contributed by atoms with van der Waals surface area (Å²) < 4.78 is 6.95. The molecule has 0 saturated heterocycles. The van der Waals surface area contributed by atoms with Crippen molar-refractivity contribution in [3.8, 4) is 0 Å². The largest absolute Gasteiger partial charge is 0.396 e. The zero-order chi connectivity index (χ0) is 9.90. The van der Waals surface area contributed by atoms with Gasteiger partial charge < -0.3 is 10.5 Å². The van der Waals surface area contributed by atoms with E-state index in [1.807, 2.05) is 10.9 Å². The fourth-order valence-electron chi connectivity index (χ4n) is 1.34. The summed E-state index contributed by atoms with van der Waals surface area (Å²) in [7, 11) is 1.71. The molecule has 0 aliphatic carbocycles. The normalized spacial score (nSPS) is 11.9. The van der Waals surface area contributed by atoms with E-state index in [0.717, 1.165) is 6.54 Å². The number of nitrogens with two attached hydrogens (primary N) is 1. The molecule has 0 atom stereocenters. The van der Waals surface area contributed by atoms with Gasteiger partial charge in [-0.15, -0.1) is 0 Å². The molecule has 13 heavy (non-hydrogen) atoms. The Balaban J connectivity index is 2.57. The molecule has 0 spiro atoms. The molecule has 1 heterocycles. The van der Waals surface area contributed by atoms with Crippen LogP contribution in [0.2, 0.25) is 0 Å². The second kappa shape index (κ2) is 3.79. The summed E-state index contributed by atoms with van der Waals surface area (Å²) in [5, 5.41) is 4.12. The minimum absolute atomic E-state index is 0.0905. The van der Waals surface area contributed by atoms with E-state index in [0.29, 0.717) is 12.3 Å². The Hall–Kier alpha value is -1.03. The summed E-state index contributed by atoms with van der Waals surface area (Å²) in [4.78, 5) is 0. The van der Waals surface area contributed by atoms with E-state index in [2.05, 4.69) is 18.9 Å². The van der Waals surface area contributed by atoms with Gasteiger partial charge in [0, 0.05) is 25.3 Å². The second-order valence-electron chi connectivity index (χ2n) is 4.07. The summed E-state index contributed by atoms with van der Waals surface area (Å²) in [6.45, 7) is 5.80. The van der Waals surface area contributed by atoms with E-state index < -0.39 is 0 Å². The molecule has 0 aliphatic rings. The summed E-state index contributed by atoms with van der Waals surface area (Å²) >= 11 is 0. The van der Waals surface area contributed by atoms with Crippen LogP contribution in [0.1, 0.15) is 13.8 Å². The summed E-state index contributed by atoms with van der Waals surface area (Å²) in [5.41, 5.74) is 6.35. The van der Waals surface area contributed by atoms with Gasteiger partial charge in [0.15, 0.2) is 0 Å². The average Bonchev–Trinajstić information content (AvgIpc) is 2.34. The Morgan fingerprint density at radius 2 is 2.31 bits per heavy atom. The van der Waals surface area contributed by atoms with Crippen LogP contribution in [0.15, 0.2) is 12.4 Å². The van der Waals surface area contributed by atoms with Crippen LogP contribution in [-0.2, 0) is 11.3 Å². The van der Waals surface area contributed by atoms with Gasteiger partial charge in [0.2, 0.25) is 0 Å². The lowest BCUT2D eigenvalue weighted by Crippen LogP contribution is -2.25. The Labute approximate surface area is 78.7 Å². The molecule has 1 rings (SSSR count). The molecule has 0 radical (unpaired) electrons. The standard InChI is InChI=1S/C9H17N3O/c1-9(2,7-13-3)6-12-5-8(10)4-11-12/h4-5H,6-7,10H2,1-3H3. The Morgan fingerprint density at radius 3 is 2.77 bits per heavy atom. The first kappa shape index (κ1) is 10.1. The molecule has 2 N–H and O–H groups in total. The summed E-state index contributed by atoms with van der Waals surface area (Å²) in [6.07, 6.45) is 3.49. The maximum absolute atomic E-state index is 5.56. The van der Waals surface area contributed by atoms with Crippen molar-refractivity contribution in [1.82, 2.24) is 9.78 Å². The predicted molar refractivity (Wildman–Crippen MR) is 52.3 cm³/mol. The molecule has 0 amide bonds. The van der Waals surface area contributed by atoms with Gasteiger partial charge in [-0.3, -0.25) is 4.68 Å². The molecular formula is C9H17N3O. The van der Waals surface area contributed by atoms with Crippen LogP contribution in [0.3, 0.4) is 0 Å². The number of hydrogen-bond donors (Lipinski definition) is 1. The first-order valence-corrected chi connectivity index (χ1v) is 4.30. The van der Waals surface area contributed by atoms with Crippen molar-refractivity contribution in [3.05, 3.63) is 12.4 Å². The Morgan fingerprint density at radius 1 is 1.62 bits per heavy atom. The van der Waals surface area contributed by atoms with Crippen LogP contribution in [0.4, 0.5) is 5.69 Å². The molecule has 4 heteroatoms. The fourth-order valence-corrected chi connectivity index (χ4v) is 1.34. The molecule has 1 aromatic rings. The molecule has 0 aliphatic heterocycles. The number of methoxy groups -OCH3 is 1. The number of nitrogens with zero attached hydrogens (tertiary/aromatic N) is 2. The van der Waals surface area contributed by atoms with Gasteiger partial charge in [-0.05, 0) is 0 Å². The highest BCUT2D eigenvalue weighted by atomic mass is 16.5. The van der Waals surface area contributed by atoms with Crippen LogP contribution in [0.5, 0.6) is 0 Å². The van der Waals surface area contributed by atoms with E-state index in [1.165, 1.54) is 0 Å². The molecule has 0 saturated carbocycles. The van der Waals surface area contributed by atoms with Crippen LogP contribution in [0, 0.1) is 5.41 Å². The molecule has 0 unspecified atom stereocenters. The third-order valence-electron chi connectivity index (χ3n) is 1.78. The molecule has 74 valence electrons. The number of nitrogen functional groups attached to an aromatic ring is 1. The van der Waals surface area contributed by atoms with Gasteiger partial charge in [0.25, 0.3) is 0 Å².